The minimum atomic E-state index is -4.70. The Balaban J connectivity index is 1.35. The summed E-state index contributed by atoms with van der Waals surface area (Å²) in [6.07, 6.45) is 2.04. The van der Waals surface area contributed by atoms with E-state index in [9.17, 15) is 18.3 Å². The van der Waals surface area contributed by atoms with Crippen LogP contribution < -0.4 is 4.90 Å². The number of halogens is 3. The van der Waals surface area contributed by atoms with Gasteiger partial charge in [0.1, 0.15) is 0 Å². The topological polar surface area (TPSA) is 91.4 Å². The second-order valence-electron chi connectivity index (χ2n) is 7.24. The SMILES string of the molecule is OCC(/C=C/c1ccccc1)N1CCN(c2ncc(-c3noc(C(F)(F)F)n3)cn2)CC1. The molecule has 4 rings (SSSR count). The molecule has 0 bridgehead atoms. The number of hydrogen-bond acceptors (Lipinski definition) is 8. The van der Waals surface area contributed by atoms with Crippen molar-refractivity contribution in [3.63, 3.8) is 0 Å². The molecule has 1 atom stereocenters. The van der Waals surface area contributed by atoms with E-state index in [2.05, 4.69) is 29.5 Å². The molecule has 8 nitrogen and oxygen atoms in total. The molecular formula is C21H21F3N6O2. The third-order valence-electron chi connectivity index (χ3n) is 5.13. The van der Waals surface area contributed by atoms with E-state index in [1.165, 1.54) is 12.4 Å². The predicted octanol–water partition coefficient (Wildman–Crippen LogP) is 2.74. The largest absolute Gasteiger partial charge is 0.471 e. The van der Waals surface area contributed by atoms with Gasteiger partial charge in [0.2, 0.25) is 11.8 Å². The van der Waals surface area contributed by atoms with Gasteiger partial charge in [-0.25, -0.2) is 9.97 Å². The lowest BCUT2D eigenvalue weighted by Gasteiger charge is -2.37. The summed E-state index contributed by atoms with van der Waals surface area (Å²) in [4.78, 5) is 16.0. The highest BCUT2D eigenvalue weighted by molar-refractivity contribution is 5.52. The van der Waals surface area contributed by atoms with Gasteiger partial charge in [0.15, 0.2) is 0 Å². The fourth-order valence-electron chi connectivity index (χ4n) is 3.39. The first-order valence-corrected chi connectivity index (χ1v) is 10.0. The van der Waals surface area contributed by atoms with E-state index in [1.54, 1.807) is 0 Å². The average Bonchev–Trinajstić information content (AvgIpc) is 3.32. The maximum Gasteiger partial charge on any atom is 0.471 e. The number of nitrogens with zero attached hydrogens (tertiary/aromatic N) is 6. The highest BCUT2D eigenvalue weighted by Gasteiger charge is 2.38. The van der Waals surface area contributed by atoms with E-state index in [1.807, 2.05) is 47.4 Å². The molecule has 1 saturated heterocycles. The van der Waals surface area contributed by atoms with Crippen molar-refractivity contribution >= 4 is 12.0 Å². The molecule has 11 heteroatoms. The van der Waals surface area contributed by atoms with E-state index in [0.29, 0.717) is 32.1 Å². The molecule has 1 N–H and O–H groups in total. The lowest BCUT2D eigenvalue weighted by molar-refractivity contribution is -0.159. The smallest absolute Gasteiger partial charge is 0.394 e. The van der Waals surface area contributed by atoms with Gasteiger partial charge in [-0.2, -0.15) is 18.2 Å². The number of anilines is 1. The number of aliphatic hydroxyl groups is 1. The molecule has 32 heavy (non-hydrogen) atoms. The van der Waals surface area contributed by atoms with Gasteiger partial charge in [0.05, 0.1) is 18.2 Å². The van der Waals surface area contributed by atoms with Gasteiger partial charge in [-0.15, -0.1) is 0 Å². The summed E-state index contributed by atoms with van der Waals surface area (Å²) in [7, 11) is 0. The Hall–Kier alpha value is -3.31. The van der Waals surface area contributed by atoms with Gasteiger partial charge in [-0.3, -0.25) is 4.90 Å². The lowest BCUT2D eigenvalue weighted by atomic mass is 10.1. The van der Waals surface area contributed by atoms with Crippen molar-refractivity contribution in [2.24, 2.45) is 0 Å². The van der Waals surface area contributed by atoms with Crippen molar-refractivity contribution in [3.05, 3.63) is 60.3 Å². The zero-order chi connectivity index (χ0) is 22.6. The van der Waals surface area contributed by atoms with E-state index in [4.69, 9.17) is 0 Å². The monoisotopic (exact) mass is 446 g/mol. The Morgan fingerprint density at radius 3 is 2.34 bits per heavy atom. The van der Waals surface area contributed by atoms with Crippen LogP contribution in [0.5, 0.6) is 0 Å². The molecule has 3 aromatic rings. The van der Waals surface area contributed by atoms with E-state index >= 15 is 0 Å². The first kappa shape index (κ1) is 21.9. The molecule has 0 amide bonds. The van der Waals surface area contributed by atoms with Crippen LogP contribution in [-0.4, -0.2) is 68.9 Å². The van der Waals surface area contributed by atoms with Gasteiger partial charge < -0.3 is 14.5 Å². The molecule has 0 aliphatic carbocycles. The van der Waals surface area contributed by atoms with Crippen molar-refractivity contribution in [3.8, 4) is 11.4 Å². The molecule has 1 aromatic carbocycles. The number of rotatable bonds is 6. The normalized spacial score (nSPS) is 16.6. The zero-order valence-corrected chi connectivity index (χ0v) is 17.0. The molecule has 1 fully saturated rings. The van der Waals surface area contributed by atoms with Crippen LogP contribution in [0.15, 0.2) is 53.3 Å². The summed E-state index contributed by atoms with van der Waals surface area (Å²) in [6, 6.07) is 9.79. The second-order valence-corrected chi connectivity index (χ2v) is 7.24. The number of aliphatic hydroxyl groups excluding tert-OH is 1. The summed E-state index contributed by atoms with van der Waals surface area (Å²) in [6.45, 7) is 2.72. The van der Waals surface area contributed by atoms with Crippen molar-refractivity contribution < 1.29 is 22.8 Å². The van der Waals surface area contributed by atoms with Gasteiger partial charge in [0, 0.05) is 38.6 Å². The van der Waals surface area contributed by atoms with Crippen LogP contribution in [0.25, 0.3) is 17.5 Å². The van der Waals surface area contributed by atoms with Gasteiger partial charge >= 0.3 is 12.1 Å². The average molecular weight is 446 g/mol. The fraction of sp³-hybridized carbons (Fsp3) is 0.333. The lowest BCUT2D eigenvalue weighted by Crippen LogP contribution is -2.51. The maximum atomic E-state index is 12.6. The molecule has 0 saturated carbocycles. The standard InChI is InChI=1S/C21H21F3N6O2/c22-21(23,24)19-27-18(28-32-19)16-12-25-20(26-13-16)30-10-8-29(9-11-30)17(14-31)7-6-15-4-2-1-3-5-15/h1-7,12-13,17,31H,8-11,14H2/b7-6+. The quantitative estimate of drug-likeness (QED) is 0.618. The number of aromatic nitrogens is 4. The number of alkyl halides is 3. The van der Waals surface area contributed by atoms with Gasteiger partial charge in [0.25, 0.3) is 0 Å². The maximum absolute atomic E-state index is 12.6. The van der Waals surface area contributed by atoms with Crippen LogP contribution in [0.3, 0.4) is 0 Å². The number of hydrogen-bond donors (Lipinski definition) is 1. The van der Waals surface area contributed by atoms with Crippen molar-refractivity contribution in [2.45, 2.75) is 12.2 Å². The Morgan fingerprint density at radius 2 is 1.75 bits per heavy atom. The van der Waals surface area contributed by atoms with Crippen LogP contribution in [0.1, 0.15) is 11.5 Å². The van der Waals surface area contributed by atoms with Crippen LogP contribution in [0, 0.1) is 0 Å². The van der Waals surface area contributed by atoms with E-state index in [-0.39, 0.29) is 24.0 Å². The molecular weight excluding hydrogens is 425 g/mol. The van der Waals surface area contributed by atoms with Gasteiger partial charge in [-0.05, 0) is 5.56 Å². The predicted molar refractivity (Wildman–Crippen MR) is 110 cm³/mol. The molecule has 168 valence electrons. The van der Waals surface area contributed by atoms with Crippen LogP contribution in [0.4, 0.5) is 19.1 Å². The summed E-state index contributed by atoms with van der Waals surface area (Å²) in [5, 5.41) is 13.1. The van der Waals surface area contributed by atoms with Crippen molar-refractivity contribution in [1.29, 1.82) is 0 Å². The third kappa shape index (κ3) is 5.11. The molecule has 2 aromatic heterocycles. The summed E-state index contributed by atoms with van der Waals surface area (Å²) >= 11 is 0. The number of benzene rings is 1. The Morgan fingerprint density at radius 1 is 1.06 bits per heavy atom. The fourth-order valence-corrected chi connectivity index (χ4v) is 3.39. The van der Waals surface area contributed by atoms with Crippen molar-refractivity contribution in [1.82, 2.24) is 25.0 Å². The first-order chi connectivity index (χ1) is 15.4. The van der Waals surface area contributed by atoms with Crippen LogP contribution in [0.2, 0.25) is 0 Å². The van der Waals surface area contributed by atoms with Crippen LogP contribution in [-0.2, 0) is 6.18 Å². The highest BCUT2D eigenvalue weighted by atomic mass is 19.4. The molecule has 1 aliphatic rings. The zero-order valence-electron chi connectivity index (χ0n) is 17.0. The van der Waals surface area contributed by atoms with E-state index < -0.39 is 12.1 Å². The summed E-state index contributed by atoms with van der Waals surface area (Å²) in [5.41, 5.74) is 1.31. The highest BCUT2D eigenvalue weighted by Crippen LogP contribution is 2.29. The summed E-state index contributed by atoms with van der Waals surface area (Å²) < 4.78 is 42.1. The molecule has 3 heterocycles. The summed E-state index contributed by atoms with van der Waals surface area (Å²) in [5.74, 6) is -1.16. The molecule has 1 unspecified atom stereocenters. The molecule has 1 aliphatic heterocycles. The van der Waals surface area contributed by atoms with Crippen LogP contribution >= 0.6 is 0 Å². The second kappa shape index (κ2) is 9.45. The Bertz CT molecular complexity index is 1030. The minimum Gasteiger partial charge on any atom is -0.394 e. The molecule has 0 radical (unpaired) electrons. The first-order valence-electron chi connectivity index (χ1n) is 10.0. The Labute approximate surface area is 182 Å². The van der Waals surface area contributed by atoms with Gasteiger partial charge in [-0.1, -0.05) is 47.6 Å². The minimum absolute atomic E-state index is 0.0130. The third-order valence-corrected chi connectivity index (χ3v) is 5.13. The van der Waals surface area contributed by atoms with Crippen molar-refractivity contribution in [2.75, 3.05) is 37.7 Å². The Kier molecular flexibility index (Phi) is 6.47. The van der Waals surface area contributed by atoms with E-state index in [0.717, 1.165) is 5.56 Å². The molecule has 0 spiro atoms. The number of piperazine rings is 1.